The Bertz CT molecular complexity index is 1360. The van der Waals surface area contributed by atoms with Crippen molar-refractivity contribution in [3.63, 3.8) is 0 Å². The quantitative estimate of drug-likeness (QED) is 0.346. The fourth-order valence-electron chi connectivity index (χ4n) is 4.01. The van der Waals surface area contributed by atoms with Gasteiger partial charge >= 0.3 is 0 Å². The first kappa shape index (κ1) is 25.2. The number of nitrogens with zero attached hydrogens (tertiary/aromatic N) is 2. The van der Waals surface area contributed by atoms with Crippen molar-refractivity contribution in [1.82, 2.24) is 5.32 Å². The normalized spacial score (nSPS) is 17.5. The molecule has 3 aromatic carbocycles. The Morgan fingerprint density at radius 3 is 2.42 bits per heavy atom. The van der Waals surface area contributed by atoms with Crippen molar-refractivity contribution in [2.75, 3.05) is 4.90 Å². The lowest BCUT2D eigenvalue weighted by Crippen LogP contribution is -2.33. The number of anilines is 1. The van der Waals surface area contributed by atoms with E-state index in [2.05, 4.69) is 5.32 Å². The molecule has 1 N–H and O–H groups in total. The Balaban J connectivity index is 1.71. The maximum atomic E-state index is 13.6. The largest absolute Gasteiger partial charge is 0.345 e. The van der Waals surface area contributed by atoms with Gasteiger partial charge in [-0.1, -0.05) is 60.3 Å². The summed E-state index contributed by atoms with van der Waals surface area (Å²) in [4.78, 5) is 28.4. The minimum atomic E-state index is -0.560. The van der Waals surface area contributed by atoms with E-state index in [1.807, 2.05) is 75.4 Å². The third-order valence-electron chi connectivity index (χ3n) is 6.24. The molecule has 0 aliphatic carbocycles. The summed E-state index contributed by atoms with van der Waals surface area (Å²) >= 11 is 1.19. The second-order valence-electron chi connectivity index (χ2n) is 8.78. The van der Waals surface area contributed by atoms with Crippen LogP contribution >= 0.6 is 11.8 Å². The molecule has 0 radical (unpaired) electrons. The molecule has 2 unspecified atom stereocenters. The molecule has 5 nitrogen and oxygen atoms in total. The Labute approximate surface area is 214 Å². The van der Waals surface area contributed by atoms with E-state index in [9.17, 15) is 19.2 Å². The lowest BCUT2D eigenvalue weighted by atomic mass is 10.1. The fourth-order valence-corrected chi connectivity index (χ4v) is 5.32. The number of thioether (sulfide) groups is 1. The number of amides is 2. The lowest BCUT2D eigenvalue weighted by molar-refractivity contribution is -0.117. The molecule has 0 aromatic heterocycles. The molecule has 7 heteroatoms. The summed E-state index contributed by atoms with van der Waals surface area (Å²) in [5, 5.41) is 12.7. The maximum absolute atomic E-state index is 13.6. The second-order valence-corrected chi connectivity index (χ2v) is 9.97. The van der Waals surface area contributed by atoms with Crippen LogP contribution in [0, 0.1) is 31.0 Å². The smallest absolute Gasteiger partial charge is 0.265 e. The molecule has 1 aliphatic heterocycles. The first-order valence-corrected chi connectivity index (χ1v) is 12.5. The zero-order chi connectivity index (χ0) is 25.8. The van der Waals surface area contributed by atoms with Crippen LogP contribution in [0.4, 0.5) is 10.1 Å². The number of halogens is 1. The molecular weight excluding hydrogens is 473 g/mol. The lowest BCUT2D eigenvalue weighted by Gasteiger charge is -2.20. The molecule has 2 atom stereocenters. The monoisotopic (exact) mass is 499 g/mol. The zero-order valence-corrected chi connectivity index (χ0v) is 21.1. The van der Waals surface area contributed by atoms with Crippen molar-refractivity contribution in [1.29, 1.82) is 5.26 Å². The molecule has 4 rings (SSSR count). The molecular formula is C29H26FN3O2S. The van der Waals surface area contributed by atoms with Crippen LogP contribution in [0.5, 0.6) is 0 Å². The van der Waals surface area contributed by atoms with Gasteiger partial charge in [0.1, 0.15) is 22.5 Å². The number of nitriles is 1. The van der Waals surface area contributed by atoms with E-state index in [-0.39, 0.29) is 23.3 Å². The van der Waals surface area contributed by atoms with Crippen LogP contribution in [-0.2, 0) is 16.0 Å². The molecule has 0 bridgehead atoms. The van der Waals surface area contributed by atoms with Gasteiger partial charge in [-0.3, -0.25) is 14.5 Å². The van der Waals surface area contributed by atoms with Crippen LogP contribution in [0.1, 0.15) is 35.2 Å². The van der Waals surface area contributed by atoms with Gasteiger partial charge in [0.2, 0.25) is 5.91 Å². The van der Waals surface area contributed by atoms with E-state index in [1.54, 1.807) is 12.1 Å². The van der Waals surface area contributed by atoms with E-state index < -0.39 is 11.2 Å². The maximum Gasteiger partial charge on any atom is 0.265 e. The summed E-state index contributed by atoms with van der Waals surface area (Å²) in [6.07, 6.45) is 0.343. The third-order valence-corrected chi connectivity index (χ3v) is 7.50. The standard InChI is InChI=1S/C29H26FN3O2S/c1-18-9-14-24(15-19(18)2)33-28(35)26(16-21-10-12-23(30)13-11-21)36-29(33)25(17-31)27(34)32-20(3)22-7-5-4-6-8-22/h4-15,20,26H,16H2,1-3H3,(H,32,34)/b29-25-. The fraction of sp³-hybridized carbons (Fsp3) is 0.207. The Morgan fingerprint density at radius 2 is 1.78 bits per heavy atom. The number of rotatable bonds is 6. The van der Waals surface area contributed by atoms with Gasteiger partial charge in [-0.25, -0.2) is 4.39 Å². The minimum Gasteiger partial charge on any atom is -0.345 e. The number of hydrogen-bond donors (Lipinski definition) is 1. The molecule has 2 amide bonds. The Kier molecular flexibility index (Phi) is 7.56. The second kappa shape index (κ2) is 10.8. The molecule has 1 fully saturated rings. The van der Waals surface area contributed by atoms with Crippen molar-refractivity contribution in [2.45, 2.75) is 38.5 Å². The molecule has 1 aliphatic rings. The van der Waals surface area contributed by atoms with Gasteiger partial charge in [-0.15, -0.1) is 0 Å². The zero-order valence-electron chi connectivity index (χ0n) is 20.3. The van der Waals surface area contributed by atoms with Gasteiger partial charge in [0.15, 0.2) is 0 Å². The predicted octanol–water partition coefficient (Wildman–Crippen LogP) is 5.75. The summed E-state index contributed by atoms with van der Waals surface area (Å²) in [6.45, 7) is 5.77. The molecule has 182 valence electrons. The first-order chi connectivity index (χ1) is 17.3. The highest BCUT2D eigenvalue weighted by Gasteiger charge is 2.41. The van der Waals surface area contributed by atoms with Crippen molar-refractivity contribution in [3.05, 3.63) is 111 Å². The highest BCUT2D eigenvalue weighted by atomic mass is 32.2. The SMILES string of the molecule is Cc1ccc(N2C(=O)C(Cc3ccc(F)cc3)S/C2=C(/C#N)C(=O)NC(C)c2ccccc2)cc1C. The molecule has 1 heterocycles. The van der Waals surface area contributed by atoms with Crippen LogP contribution in [0.3, 0.4) is 0 Å². The molecule has 36 heavy (non-hydrogen) atoms. The number of carbonyl (C=O) groups is 2. The summed E-state index contributed by atoms with van der Waals surface area (Å²) in [6, 6.07) is 22.8. The number of carbonyl (C=O) groups excluding carboxylic acids is 2. The number of aryl methyl sites for hydroxylation is 2. The summed E-state index contributed by atoms with van der Waals surface area (Å²) in [5.74, 6) is -1.11. The number of benzene rings is 3. The predicted molar refractivity (Wildman–Crippen MR) is 141 cm³/mol. The summed E-state index contributed by atoms with van der Waals surface area (Å²) in [5.41, 5.74) is 4.25. The van der Waals surface area contributed by atoms with Gasteiger partial charge in [0, 0.05) is 5.69 Å². The third kappa shape index (κ3) is 5.34. The van der Waals surface area contributed by atoms with Crippen molar-refractivity contribution in [3.8, 4) is 6.07 Å². The average molecular weight is 500 g/mol. The van der Waals surface area contributed by atoms with Crippen LogP contribution in [0.25, 0.3) is 0 Å². The Hall–Kier alpha value is -3.89. The molecule has 0 spiro atoms. The highest BCUT2D eigenvalue weighted by molar-refractivity contribution is 8.05. The topological polar surface area (TPSA) is 73.2 Å². The molecule has 3 aromatic rings. The van der Waals surface area contributed by atoms with E-state index >= 15 is 0 Å². The number of nitrogens with one attached hydrogen (secondary N) is 1. The van der Waals surface area contributed by atoms with Crippen molar-refractivity contribution < 1.29 is 14.0 Å². The van der Waals surface area contributed by atoms with Gasteiger partial charge in [-0.05, 0) is 73.7 Å². The molecule has 1 saturated heterocycles. The van der Waals surface area contributed by atoms with Gasteiger partial charge < -0.3 is 5.32 Å². The van der Waals surface area contributed by atoms with Crippen LogP contribution in [0.2, 0.25) is 0 Å². The minimum absolute atomic E-state index is 0.115. The van der Waals surface area contributed by atoms with E-state index in [1.165, 1.54) is 28.8 Å². The van der Waals surface area contributed by atoms with Gasteiger partial charge in [0.25, 0.3) is 5.91 Å². The van der Waals surface area contributed by atoms with Crippen molar-refractivity contribution in [2.24, 2.45) is 0 Å². The highest BCUT2D eigenvalue weighted by Crippen LogP contribution is 2.42. The molecule has 0 saturated carbocycles. The van der Waals surface area contributed by atoms with Crippen molar-refractivity contribution >= 4 is 29.3 Å². The number of hydrogen-bond acceptors (Lipinski definition) is 4. The van der Waals surface area contributed by atoms with Gasteiger partial charge in [0.05, 0.1) is 11.3 Å². The first-order valence-electron chi connectivity index (χ1n) is 11.6. The van der Waals surface area contributed by atoms with Crippen LogP contribution < -0.4 is 10.2 Å². The van der Waals surface area contributed by atoms with E-state index in [0.717, 1.165) is 22.3 Å². The average Bonchev–Trinajstić information content (AvgIpc) is 3.18. The van der Waals surface area contributed by atoms with E-state index in [0.29, 0.717) is 17.1 Å². The van der Waals surface area contributed by atoms with Crippen LogP contribution in [-0.4, -0.2) is 17.1 Å². The summed E-state index contributed by atoms with van der Waals surface area (Å²) in [7, 11) is 0. The van der Waals surface area contributed by atoms with E-state index in [4.69, 9.17) is 0 Å². The van der Waals surface area contributed by atoms with Gasteiger partial charge in [-0.2, -0.15) is 5.26 Å². The summed E-state index contributed by atoms with van der Waals surface area (Å²) < 4.78 is 13.4. The Morgan fingerprint density at radius 1 is 1.08 bits per heavy atom. The van der Waals surface area contributed by atoms with Crippen LogP contribution in [0.15, 0.2) is 83.4 Å².